The Morgan fingerprint density at radius 3 is 2.37 bits per heavy atom. The maximum Gasteiger partial charge on any atom is 0.255 e. The highest BCUT2D eigenvalue weighted by atomic mass is 16.3. The van der Waals surface area contributed by atoms with Crippen molar-refractivity contribution in [2.24, 2.45) is 17.4 Å². The minimum absolute atomic E-state index is 0.0101. The van der Waals surface area contributed by atoms with Crippen LogP contribution in [0.15, 0.2) is 65.4 Å². The molecular formula is C33H33N3O7. The zero-order chi connectivity index (χ0) is 31.0. The van der Waals surface area contributed by atoms with Gasteiger partial charge in [-0.15, -0.1) is 0 Å². The van der Waals surface area contributed by atoms with Crippen LogP contribution in [0.4, 0.5) is 0 Å². The van der Waals surface area contributed by atoms with Gasteiger partial charge in [0.05, 0.1) is 16.7 Å². The third-order valence-corrected chi connectivity index (χ3v) is 9.09. The highest BCUT2D eigenvalue weighted by molar-refractivity contribution is 6.23. The van der Waals surface area contributed by atoms with Gasteiger partial charge in [0.1, 0.15) is 22.8 Å². The van der Waals surface area contributed by atoms with E-state index < -0.39 is 63.6 Å². The third kappa shape index (κ3) is 4.09. The number of primary amides is 1. The van der Waals surface area contributed by atoms with Crippen molar-refractivity contribution < 1.29 is 34.8 Å². The number of nitrogens with one attached hydrogen (secondary N) is 1. The number of amides is 1. The van der Waals surface area contributed by atoms with Gasteiger partial charge in [-0.25, -0.2) is 0 Å². The quantitative estimate of drug-likeness (QED) is 0.221. The lowest BCUT2D eigenvalue weighted by molar-refractivity contribution is -0.148. The second-order valence-electron chi connectivity index (χ2n) is 12.1. The molecule has 3 atom stereocenters. The van der Waals surface area contributed by atoms with Crippen molar-refractivity contribution in [3.8, 4) is 16.9 Å². The smallest absolute Gasteiger partial charge is 0.255 e. The number of phenolic OH excluding ortho intramolecular Hbond substituents is 1. The van der Waals surface area contributed by atoms with E-state index in [1.54, 1.807) is 6.07 Å². The molecule has 1 amide bonds. The van der Waals surface area contributed by atoms with Crippen molar-refractivity contribution in [1.29, 1.82) is 0 Å². The second kappa shape index (κ2) is 9.77. The van der Waals surface area contributed by atoms with Gasteiger partial charge in [-0.1, -0.05) is 56.3 Å². The predicted molar refractivity (Wildman–Crippen MR) is 160 cm³/mol. The number of rotatable bonds is 5. The van der Waals surface area contributed by atoms with E-state index in [1.807, 2.05) is 36.4 Å². The molecule has 0 spiro atoms. The molecule has 0 heterocycles. The van der Waals surface area contributed by atoms with E-state index in [0.717, 1.165) is 21.9 Å². The number of fused-ring (bicyclic) bond motifs is 4. The Balaban J connectivity index is 1.55. The Bertz CT molecular complexity index is 1820. The highest BCUT2D eigenvalue weighted by Crippen LogP contribution is 2.54. The van der Waals surface area contributed by atoms with E-state index in [2.05, 4.69) is 19.2 Å². The fourth-order valence-corrected chi connectivity index (χ4v) is 7.06. The van der Waals surface area contributed by atoms with E-state index in [9.17, 15) is 34.8 Å². The second-order valence-corrected chi connectivity index (χ2v) is 12.1. The van der Waals surface area contributed by atoms with Gasteiger partial charge in [0, 0.05) is 24.9 Å². The molecule has 6 rings (SSSR count). The van der Waals surface area contributed by atoms with Gasteiger partial charge in [-0.2, -0.15) is 0 Å². The molecule has 1 saturated carbocycles. The Morgan fingerprint density at radius 1 is 1.02 bits per heavy atom. The molecule has 3 aromatic carbocycles. The Labute approximate surface area is 247 Å². The van der Waals surface area contributed by atoms with Crippen LogP contribution in [0.2, 0.25) is 0 Å². The van der Waals surface area contributed by atoms with Crippen LogP contribution in [0, 0.1) is 5.92 Å². The molecule has 10 nitrogen and oxygen atoms in total. The number of hydrogen-bond donors (Lipinski definition) is 7. The van der Waals surface area contributed by atoms with Crippen LogP contribution < -0.4 is 16.8 Å². The summed E-state index contributed by atoms with van der Waals surface area (Å²) in [6, 6.07) is 15.4. The highest BCUT2D eigenvalue weighted by Gasteiger charge is 2.63. The lowest BCUT2D eigenvalue weighted by Gasteiger charge is -2.50. The average Bonchev–Trinajstić information content (AvgIpc) is 2.93. The van der Waals surface area contributed by atoms with Gasteiger partial charge in [-0.05, 0) is 51.9 Å². The van der Waals surface area contributed by atoms with Crippen molar-refractivity contribution in [2.45, 2.75) is 56.8 Å². The predicted octanol–water partition coefficient (Wildman–Crippen LogP) is 2.82. The first-order chi connectivity index (χ1) is 20.3. The standard InChI is InChI=1S/C33H33N3O7/c1-15(2)36-14-16-7-8-20(19-6-4-3-5-18(16)19)21-9-10-23(37)25-22(21)13-32(35)12-17-11-24(38)26(31(34)42)29(40)33(17,43)30(41)27(32)28(25)39/h3-10,15,17,36-37,39-40,43H,11-14,35H2,1-2H3,(H2,34,42)/t17-,32+,33-/m1/s1. The SMILES string of the molecule is CC(C)NCc1ccc(-c2ccc(O)c3c2C[C@@]2(N)C[C@H]4CC(=O)C(C(N)=O)=C(O)[C@@]4(O)C(=O)C2=C3O)c2ccccc12. The zero-order valence-electron chi connectivity index (χ0n) is 23.8. The summed E-state index contributed by atoms with van der Waals surface area (Å²) in [4.78, 5) is 38.5. The summed E-state index contributed by atoms with van der Waals surface area (Å²) in [6.45, 7) is 4.81. The first-order valence-corrected chi connectivity index (χ1v) is 14.2. The van der Waals surface area contributed by atoms with Crippen LogP contribution in [-0.4, -0.2) is 55.1 Å². The van der Waals surface area contributed by atoms with E-state index in [-0.39, 0.29) is 24.2 Å². The molecule has 43 heavy (non-hydrogen) atoms. The molecule has 3 aromatic rings. The third-order valence-electron chi connectivity index (χ3n) is 9.09. The van der Waals surface area contributed by atoms with E-state index in [1.165, 1.54) is 6.07 Å². The van der Waals surface area contributed by atoms with Crippen molar-refractivity contribution in [3.63, 3.8) is 0 Å². The van der Waals surface area contributed by atoms with Crippen LogP contribution in [0.25, 0.3) is 27.7 Å². The number of hydrogen-bond acceptors (Lipinski definition) is 9. The molecule has 3 aliphatic rings. The summed E-state index contributed by atoms with van der Waals surface area (Å²) in [5, 5.41) is 50.3. The van der Waals surface area contributed by atoms with E-state index in [4.69, 9.17) is 11.5 Å². The van der Waals surface area contributed by atoms with Crippen molar-refractivity contribution in [3.05, 3.63) is 82.1 Å². The first kappa shape index (κ1) is 28.6. The monoisotopic (exact) mass is 583 g/mol. The molecule has 222 valence electrons. The summed E-state index contributed by atoms with van der Waals surface area (Å²) < 4.78 is 0. The molecule has 9 N–H and O–H groups in total. The van der Waals surface area contributed by atoms with Crippen molar-refractivity contribution in [2.75, 3.05) is 0 Å². The molecule has 0 unspecified atom stereocenters. The number of carbonyl (C=O) groups is 3. The number of benzene rings is 3. The number of nitrogens with two attached hydrogens (primary N) is 2. The van der Waals surface area contributed by atoms with Gasteiger partial charge >= 0.3 is 0 Å². The molecule has 0 aliphatic heterocycles. The summed E-state index contributed by atoms with van der Waals surface area (Å²) >= 11 is 0. The molecule has 10 heteroatoms. The Hall–Kier alpha value is -4.51. The number of aromatic hydroxyl groups is 1. The summed E-state index contributed by atoms with van der Waals surface area (Å²) in [5.74, 6) is -6.47. The van der Waals surface area contributed by atoms with Gasteiger partial charge < -0.3 is 37.2 Å². The van der Waals surface area contributed by atoms with E-state index in [0.29, 0.717) is 23.7 Å². The summed E-state index contributed by atoms with van der Waals surface area (Å²) in [6.07, 6.45) is -0.643. The minimum atomic E-state index is -2.69. The fraction of sp³-hybridized carbons (Fsp3) is 0.303. The van der Waals surface area contributed by atoms with Crippen molar-refractivity contribution >= 4 is 34.0 Å². The maximum absolute atomic E-state index is 13.9. The number of aliphatic hydroxyl groups is 3. The van der Waals surface area contributed by atoms with Gasteiger partial charge in [0.25, 0.3) is 5.91 Å². The van der Waals surface area contributed by atoms with Crippen LogP contribution in [0.1, 0.15) is 43.4 Å². The summed E-state index contributed by atoms with van der Waals surface area (Å²) in [7, 11) is 0. The zero-order valence-corrected chi connectivity index (χ0v) is 23.8. The van der Waals surface area contributed by atoms with Crippen LogP contribution >= 0.6 is 0 Å². The first-order valence-electron chi connectivity index (χ1n) is 14.2. The number of ketones is 2. The largest absolute Gasteiger partial charge is 0.508 e. The summed E-state index contributed by atoms with van der Waals surface area (Å²) in [5.41, 5.74) is 9.76. The normalized spacial score (nSPS) is 25.2. The van der Waals surface area contributed by atoms with Crippen LogP contribution in [-0.2, 0) is 27.3 Å². The fourth-order valence-electron chi connectivity index (χ4n) is 7.06. The van der Waals surface area contributed by atoms with Gasteiger partial charge in [0.2, 0.25) is 5.78 Å². The average molecular weight is 584 g/mol. The maximum atomic E-state index is 13.9. The topological polar surface area (TPSA) is 196 Å². The molecular weight excluding hydrogens is 550 g/mol. The number of carbonyl (C=O) groups excluding carboxylic acids is 3. The number of aliphatic hydroxyl groups excluding tert-OH is 2. The van der Waals surface area contributed by atoms with Gasteiger partial charge in [0.15, 0.2) is 11.4 Å². The lowest BCUT2D eigenvalue weighted by atomic mass is 9.56. The van der Waals surface area contributed by atoms with Gasteiger partial charge in [-0.3, -0.25) is 14.4 Å². The lowest BCUT2D eigenvalue weighted by Crippen LogP contribution is -2.65. The molecule has 0 radical (unpaired) electrons. The molecule has 0 bridgehead atoms. The van der Waals surface area contributed by atoms with Crippen LogP contribution in [0.3, 0.4) is 0 Å². The number of Topliss-reactive ketones (excluding diaryl/α,β-unsaturated/α-hetero) is 2. The molecule has 0 aromatic heterocycles. The molecule has 1 fully saturated rings. The molecule has 0 saturated heterocycles. The minimum Gasteiger partial charge on any atom is -0.508 e. The number of phenols is 1. The van der Waals surface area contributed by atoms with E-state index >= 15 is 0 Å². The Morgan fingerprint density at radius 2 is 1.70 bits per heavy atom. The van der Waals surface area contributed by atoms with Crippen LogP contribution in [0.5, 0.6) is 5.75 Å². The molecule has 3 aliphatic carbocycles. The van der Waals surface area contributed by atoms with Crippen molar-refractivity contribution in [1.82, 2.24) is 5.32 Å². The Kier molecular flexibility index (Phi) is 6.50.